The fraction of sp³-hybridized carbons (Fsp3) is 0.0909. The van der Waals surface area contributed by atoms with Gasteiger partial charge >= 0.3 is 0 Å². The summed E-state index contributed by atoms with van der Waals surface area (Å²) < 4.78 is 16.4. The van der Waals surface area contributed by atoms with Crippen LogP contribution in [0.3, 0.4) is 0 Å². The molecule has 0 saturated heterocycles. The Morgan fingerprint density at radius 1 is 0.964 bits per heavy atom. The molecule has 3 heterocycles. The van der Waals surface area contributed by atoms with Crippen LogP contribution in [0, 0.1) is 19.7 Å². The second-order valence-corrected chi connectivity index (χ2v) is 7.93. The van der Waals surface area contributed by atoms with E-state index in [1.54, 1.807) is 17.4 Å². The maximum absolute atomic E-state index is 13.5. The molecule has 0 radical (unpaired) electrons. The number of imidazole rings is 1. The Hall–Kier alpha value is -3.25. The van der Waals surface area contributed by atoms with E-state index >= 15 is 0 Å². The monoisotopic (exact) mass is 388 g/mol. The number of anilines is 2. The fourth-order valence-corrected chi connectivity index (χ4v) is 4.25. The lowest BCUT2D eigenvalue weighted by Crippen LogP contribution is -2.00. The van der Waals surface area contributed by atoms with Crippen molar-refractivity contribution in [3.8, 4) is 10.6 Å². The van der Waals surface area contributed by atoms with Gasteiger partial charge in [0.2, 0.25) is 0 Å². The first kappa shape index (κ1) is 16.9. The van der Waals surface area contributed by atoms with Gasteiger partial charge in [0, 0.05) is 10.4 Å². The van der Waals surface area contributed by atoms with Gasteiger partial charge < -0.3 is 5.32 Å². The summed E-state index contributed by atoms with van der Waals surface area (Å²) in [7, 11) is 0. The molecule has 0 amide bonds. The third kappa shape index (κ3) is 2.92. The summed E-state index contributed by atoms with van der Waals surface area (Å²) in [5, 5.41) is 8.97. The highest BCUT2D eigenvalue weighted by Crippen LogP contribution is 2.34. The third-order valence-corrected chi connectivity index (χ3v) is 6.01. The van der Waals surface area contributed by atoms with E-state index in [-0.39, 0.29) is 5.82 Å². The molecule has 138 valence electrons. The third-order valence-electron chi connectivity index (χ3n) is 4.87. The van der Waals surface area contributed by atoms with Crippen LogP contribution in [-0.4, -0.2) is 14.6 Å². The predicted molar refractivity (Wildman–Crippen MR) is 113 cm³/mol. The minimum atomic E-state index is -0.229. The lowest BCUT2D eigenvalue weighted by Gasteiger charge is -2.08. The maximum atomic E-state index is 13.5. The minimum Gasteiger partial charge on any atom is -0.339 e. The van der Waals surface area contributed by atoms with Crippen LogP contribution in [0.15, 0.2) is 60.8 Å². The molecule has 0 aliphatic carbocycles. The molecule has 4 nitrogen and oxygen atoms in total. The van der Waals surface area contributed by atoms with Gasteiger partial charge in [0.05, 0.1) is 11.1 Å². The molecule has 5 rings (SSSR count). The maximum Gasteiger partial charge on any atom is 0.154 e. The molecule has 1 N–H and O–H groups in total. The van der Waals surface area contributed by atoms with E-state index in [1.165, 1.54) is 17.2 Å². The van der Waals surface area contributed by atoms with Crippen LogP contribution in [0.1, 0.15) is 11.1 Å². The average molecular weight is 388 g/mol. The van der Waals surface area contributed by atoms with E-state index in [0.29, 0.717) is 0 Å². The van der Waals surface area contributed by atoms with Crippen molar-refractivity contribution >= 4 is 38.6 Å². The number of aryl methyl sites for hydroxylation is 2. The number of nitrogens with one attached hydrogen (secondary N) is 1. The topological polar surface area (TPSA) is 42.2 Å². The molecule has 0 bridgehead atoms. The second-order valence-electron chi connectivity index (χ2n) is 6.85. The molecule has 3 aromatic heterocycles. The normalized spacial score (nSPS) is 11.4. The summed E-state index contributed by atoms with van der Waals surface area (Å²) in [5.41, 5.74) is 5.14. The number of fused-ring (bicyclic) bond motifs is 2. The molecule has 6 heteroatoms. The van der Waals surface area contributed by atoms with E-state index in [1.807, 2.05) is 41.0 Å². The van der Waals surface area contributed by atoms with E-state index in [4.69, 9.17) is 5.10 Å². The lowest BCUT2D eigenvalue weighted by molar-refractivity contribution is 0.630. The number of hydrogen-bond acceptors (Lipinski definition) is 4. The van der Waals surface area contributed by atoms with Gasteiger partial charge in [-0.15, -0.1) is 16.4 Å². The molecule has 28 heavy (non-hydrogen) atoms. The van der Waals surface area contributed by atoms with Crippen molar-refractivity contribution < 1.29 is 4.39 Å². The van der Waals surface area contributed by atoms with Crippen molar-refractivity contribution in [1.82, 2.24) is 14.6 Å². The number of benzene rings is 2. The van der Waals surface area contributed by atoms with Crippen LogP contribution in [0.25, 0.3) is 26.3 Å². The summed E-state index contributed by atoms with van der Waals surface area (Å²) in [6.07, 6.45) is 1.81. The Bertz CT molecular complexity index is 1340. The van der Waals surface area contributed by atoms with E-state index in [0.717, 1.165) is 37.8 Å². The summed E-state index contributed by atoms with van der Waals surface area (Å²) in [5.74, 6) is 0.509. The van der Waals surface area contributed by atoms with Crippen LogP contribution < -0.4 is 5.32 Å². The standard InChI is InChI=1S/C22H17FN4S/c1-13-3-5-17(9-14(13)2)25-21-7-8-22-24-12-18(27(22)26-21)20-11-15-10-16(23)4-6-19(15)28-20/h3-12H,1-2H3,(H,25,26). The zero-order valence-electron chi connectivity index (χ0n) is 15.4. The number of hydrogen-bond donors (Lipinski definition) is 1. The Kier molecular flexibility index (Phi) is 3.87. The molecule has 0 fully saturated rings. The molecule has 0 atom stereocenters. The molecule has 5 aromatic rings. The van der Waals surface area contributed by atoms with Crippen molar-refractivity contribution in [2.24, 2.45) is 0 Å². The molecule has 0 aliphatic rings. The average Bonchev–Trinajstić information content (AvgIpc) is 3.27. The first-order valence-corrected chi connectivity index (χ1v) is 9.77. The highest BCUT2D eigenvalue weighted by molar-refractivity contribution is 7.22. The number of rotatable bonds is 3. The van der Waals surface area contributed by atoms with Crippen molar-refractivity contribution in [3.63, 3.8) is 0 Å². The molecule has 0 unspecified atom stereocenters. The SMILES string of the molecule is Cc1ccc(Nc2ccc3ncc(-c4cc5cc(F)ccc5s4)n3n2)cc1C. The highest BCUT2D eigenvalue weighted by atomic mass is 32.1. The van der Waals surface area contributed by atoms with Gasteiger partial charge in [-0.3, -0.25) is 0 Å². The Morgan fingerprint density at radius 2 is 1.86 bits per heavy atom. The first-order chi connectivity index (χ1) is 13.6. The Balaban J connectivity index is 1.56. The lowest BCUT2D eigenvalue weighted by atomic mass is 10.1. The quantitative estimate of drug-likeness (QED) is 0.405. The molecule has 0 saturated carbocycles. The number of nitrogens with zero attached hydrogens (tertiary/aromatic N) is 3. The van der Waals surface area contributed by atoms with Gasteiger partial charge in [0.1, 0.15) is 11.5 Å². The molecular formula is C22H17FN4S. The van der Waals surface area contributed by atoms with E-state index in [2.05, 4.69) is 36.3 Å². The van der Waals surface area contributed by atoms with Gasteiger partial charge in [-0.05, 0) is 78.9 Å². The summed E-state index contributed by atoms with van der Waals surface area (Å²) >= 11 is 1.60. The smallest absolute Gasteiger partial charge is 0.154 e. The summed E-state index contributed by atoms with van der Waals surface area (Å²) in [6, 6.07) is 16.9. The van der Waals surface area contributed by atoms with Crippen molar-refractivity contribution in [3.05, 3.63) is 77.7 Å². The van der Waals surface area contributed by atoms with E-state index in [9.17, 15) is 4.39 Å². The van der Waals surface area contributed by atoms with Crippen molar-refractivity contribution in [2.75, 3.05) is 5.32 Å². The largest absolute Gasteiger partial charge is 0.339 e. The van der Waals surface area contributed by atoms with Crippen LogP contribution in [0.2, 0.25) is 0 Å². The van der Waals surface area contributed by atoms with E-state index < -0.39 is 0 Å². The first-order valence-electron chi connectivity index (χ1n) is 8.95. The van der Waals surface area contributed by atoms with Crippen LogP contribution in [0.4, 0.5) is 15.9 Å². The highest BCUT2D eigenvalue weighted by Gasteiger charge is 2.12. The molecule has 0 aliphatic heterocycles. The zero-order valence-corrected chi connectivity index (χ0v) is 16.2. The van der Waals surface area contributed by atoms with Crippen LogP contribution >= 0.6 is 11.3 Å². The van der Waals surface area contributed by atoms with Gasteiger partial charge in [-0.2, -0.15) is 0 Å². The summed E-state index contributed by atoms with van der Waals surface area (Å²) in [6.45, 7) is 4.19. The number of halogens is 1. The fourth-order valence-electron chi connectivity index (χ4n) is 3.22. The predicted octanol–water partition coefficient (Wildman–Crippen LogP) is 6.11. The zero-order chi connectivity index (χ0) is 19.3. The number of thiophene rings is 1. The van der Waals surface area contributed by atoms with Gasteiger partial charge in [0.25, 0.3) is 0 Å². The Morgan fingerprint density at radius 3 is 2.71 bits per heavy atom. The molecule has 2 aromatic carbocycles. The molecule has 0 spiro atoms. The van der Waals surface area contributed by atoms with Crippen molar-refractivity contribution in [1.29, 1.82) is 0 Å². The van der Waals surface area contributed by atoms with Crippen LogP contribution in [0.5, 0.6) is 0 Å². The van der Waals surface area contributed by atoms with Gasteiger partial charge in [-0.1, -0.05) is 6.07 Å². The van der Waals surface area contributed by atoms with Crippen LogP contribution in [-0.2, 0) is 0 Å². The summed E-state index contributed by atoms with van der Waals surface area (Å²) in [4.78, 5) is 5.47. The molecular weight excluding hydrogens is 371 g/mol. The van der Waals surface area contributed by atoms with Gasteiger partial charge in [-0.25, -0.2) is 13.9 Å². The van der Waals surface area contributed by atoms with Crippen molar-refractivity contribution in [2.45, 2.75) is 13.8 Å². The number of aromatic nitrogens is 3. The second kappa shape index (κ2) is 6.42. The van der Waals surface area contributed by atoms with Gasteiger partial charge in [0.15, 0.2) is 11.5 Å². The Labute approximate surface area is 165 Å². The minimum absolute atomic E-state index is 0.229.